The Kier molecular flexibility index (Phi) is 7.52. The predicted molar refractivity (Wildman–Crippen MR) is 121 cm³/mol. The first-order valence-corrected chi connectivity index (χ1v) is 11.3. The molecule has 29 heavy (non-hydrogen) atoms. The highest BCUT2D eigenvalue weighted by molar-refractivity contribution is 8.00. The molecule has 0 bridgehead atoms. The summed E-state index contributed by atoms with van der Waals surface area (Å²) in [6.07, 6.45) is 0. The van der Waals surface area contributed by atoms with Gasteiger partial charge in [-0.25, -0.2) is 9.78 Å². The van der Waals surface area contributed by atoms with Crippen molar-refractivity contribution in [3.05, 3.63) is 75.4 Å². The highest BCUT2D eigenvalue weighted by Gasteiger charge is 2.25. The number of rotatable bonds is 6. The quantitative estimate of drug-likeness (QED) is 0.279. The number of ether oxygens (including phenoxy) is 1. The number of nitrogens with zero attached hydrogens (tertiary/aromatic N) is 1. The maximum atomic E-state index is 12.6. The van der Waals surface area contributed by atoms with Crippen molar-refractivity contribution in [3.63, 3.8) is 0 Å². The number of benzene rings is 2. The molecule has 0 N–H and O–H groups in total. The highest BCUT2D eigenvalue weighted by atomic mass is 35.5. The van der Waals surface area contributed by atoms with Crippen molar-refractivity contribution in [2.75, 3.05) is 6.61 Å². The van der Waals surface area contributed by atoms with Crippen LogP contribution in [0, 0.1) is 13.8 Å². The number of pyridine rings is 1. The summed E-state index contributed by atoms with van der Waals surface area (Å²) < 4.78 is 5.19. The Morgan fingerprint density at radius 1 is 0.931 bits per heavy atom. The van der Waals surface area contributed by atoms with E-state index < -0.39 is 5.97 Å². The molecule has 0 radical (unpaired) electrons. The van der Waals surface area contributed by atoms with Gasteiger partial charge in [0.05, 0.1) is 16.5 Å². The zero-order chi connectivity index (χ0) is 21.0. The SMILES string of the molecule is CCOC(=O)c1c(Cl)nc(Sc2ccc(C)cc2)c(Cl)c1Sc1ccc(C)cc1. The molecule has 0 aliphatic carbocycles. The first-order chi connectivity index (χ1) is 13.9. The summed E-state index contributed by atoms with van der Waals surface area (Å²) in [4.78, 5) is 19.4. The summed E-state index contributed by atoms with van der Waals surface area (Å²) in [5.74, 6) is -0.534. The fourth-order valence-corrected chi connectivity index (χ4v) is 5.08. The number of esters is 1. The van der Waals surface area contributed by atoms with Crippen LogP contribution in [0.3, 0.4) is 0 Å². The molecule has 0 fully saturated rings. The van der Waals surface area contributed by atoms with Gasteiger partial charge in [-0.1, -0.05) is 82.1 Å². The fourth-order valence-electron chi connectivity index (χ4n) is 2.48. The Morgan fingerprint density at radius 2 is 1.45 bits per heavy atom. The number of halogens is 2. The zero-order valence-corrected chi connectivity index (χ0v) is 19.3. The Morgan fingerprint density at radius 3 is 1.97 bits per heavy atom. The summed E-state index contributed by atoms with van der Waals surface area (Å²) in [6, 6.07) is 16.0. The van der Waals surface area contributed by atoms with E-state index in [0.717, 1.165) is 15.4 Å². The van der Waals surface area contributed by atoms with Gasteiger partial charge in [0.2, 0.25) is 0 Å². The van der Waals surface area contributed by atoms with Gasteiger partial charge in [-0.2, -0.15) is 0 Å². The molecular formula is C22H19Cl2NO2S2. The van der Waals surface area contributed by atoms with E-state index in [1.165, 1.54) is 29.1 Å². The normalized spacial score (nSPS) is 10.8. The van der Waals surface area contributed by atoms with Gasteiger partial charge in [-0.05, 0) is 45.0 Å². The number of hydrogen-bond acceptors (Lipinski definition) is 5. The van der Waals surface area contributed by atoms with Crippen molar-refractivity contribution in [3.8, 4) is 0 Å². The average Bonchev–Trinajstić information content (AvgIpc) is 2.69. The van der Waals surface area contributed by atoms with Crippen molar-refractivity contribution < 1.29 is 9.53 Å². The van der Waals surface area contributed by atoms with Crippen LogP contribution in [0.5, 0.6) is 0 Å². The number of carbonyl (C=O) groups excluding carboxylic acids is 1. The van der Waals surface area contributed by atoms with Gasteiger partial charge in [-0.3, -0.25) is 0 Å². The van der Waals surface area contributed by atoms with Gasteiger partial charge >= 0.3 is 5.97 Å². The van der Waals surface area contributed by atoms with E-state index in [1.807, 2.05) is 62.4 Å². The summed E-state index contributed by atoms with van der Waals surface area (Å²) in [6.45, 7) is 6.03. The molecule has 7 heteroatoms. The van der Waals surface area contributed by atoms with Gasteiger partial charge in [0, 0.05) is 9.79 Å². The molecule has 0 unspecified atom stereocenters. The Labute approximate surface area is 189 Å². The van der Waals surface area contributed by atoms with E-state index in [9.17, 15) is 4.79 Å². The van der Waals surface area contributed by atoms with Crippen LogP contribution in [-0.4, -0.2) is 17.6 Å². The van der Waals surface area contributed by atoms with E-state index in [0.29, 0.717) is 14.9 Å². The fraction of sp³-hybridized carbons (Fsp3) is 0.182. The molecular weight excluding hydrogens is 445 g/mol. The number of carbonyl (C=O) groups is 1. The third-order valence-electron chi connectivity index (χ3n) is 3.98. The monoisotopic (exact) mass is 463 g/mol. The van der Waals surface area contributed by atoms with Gasteiger partial charge in [0.15, 0.2) is 0 Å². The Bertz CT molecular complexity index is 1020. The zero-order valence-electron chi connectivity index (χ0n) is 16.2. The molecule has 0 saturated carbocycles. The molecule has 0 aliphatic heterocycles. The third-order valence-corrected chi connectivity index (χ3v) is 6.96. The first kappa shape index (κ1) is 22.0. The number of aryl methyl sites for hydroxylation is 2. The van der Waals surface area contributed by atoms with Crippen molar-refractivity contribution in [2.45, 2.75) is 40.5 Å². The molecule has 0 amide bonds. The second-order valence-corrected chi connectivity index (χ2v) is 9.16. The van der Waals surface area contributed by atoms with Gasteiger partial charge in [0.1, 0.15) is 15.7 Å². The molecule has 3 nitrogen and oxygen atoms in total. The largest absolute Gasteiger partial charge is 0.462 e. The summed E-state index contributed by atoms with van der Waals surface area (Å²) in [5, 5.41) is 1.01. The molecule has 2 aromatic carbocycles. The molecule has 0 saturated heterocycles. The standard InChI is InChI=1S/C22H19Cl2NO2S2/c1-4-27-22(26)17-19(28-15-9-5-13(2)6-10-15)18(23)21(25-20(17)24)29-16-11-7-14(3)8-12-16/h5-12H,4H2,1-3H3. The van der Waals surface area contributed by atoms with Crippen molar-refractivity contribution in [1.82, 2.24) is 4.98 Å². The first-order valence-electron chi connectivity index (χ1n) is 8.94. The Hall–Kier alpha value is -1.66. The van der Waals surface area contributed by atoms with E-state index in [2.05, 4.69) is 4.98 Å². The van der Waals surface area contributed by atoms with Crippen LogP contribution >= 0.6 is 46.7 Å². The van der Waals surface area contributed by atoms with Gasteiger partial charge < -0.3 is 4.74 Å². The lowest BCUT2D eigenvalue weighted by atomic mass is 10.2. The van der Waals surface area contributed by atoms with Gasteiger partial charge in [0.25, 0.3) is 0 Å². The lowest BCUT2D eigenvalue weighted by Crippen LogP contribution is -2.09. The predicted octanol–water partition coefficient (Wildman–Crippen LogP) is 7.48. The minimum atomic E-state index is -0.534. The smallest absolute Gasteiger partial charge is 0.342 e. The number of hydrogen-bond donors (Lipinski definition) is 0. The summed E-state index contributed by atoms with van der Waals surface area (Å²) in [5.41, 5.74) is 2.51. The third kappa shape index (κ3) is 5.48. The van der Waals surface area contributed by atoms with E-state index in [4.69, 9.17) is 27.9 Å². The molecule has 3 rings (SSSR count). The molecule has 1 aromatic heterocycles. The van der Waals surface area contributed by atoms with Crippen LogP contribution in [-0.2, 0) is 4.74 Å². The molecule has 0 spiro atoms. The second-order valence-electron chi connectivity index (χ2n) is 6.28. The molecule has 3 aromatic rings. The van der Waals surface area contributed by atoms with Crippen LogP contribution < -0.4 is 0 Å². The Balaban J connectivity index is 2.07. The van der Waals surface area contributed by atoms with Crippen molar-refractivity contribution >= 4 is 52.7 Å². The lowest BCUT2D eigenvalue weighted by molar-refractivity contribution is 0.0522. The summed E-state index contributed by atoms with van der Waals surface area (Å²) >= 11 is 15.9. The summed E-state index contributed by atoms with van der Waals surface area (Å²) in [7, 11) is 0. The maximum Gasteiger partial charge on any atom is 0.342 e. The van der Waals surface area contributed by atoms with Gasteiger partial charge in [-0.15, -0.1) is 0 Å². The highest BCUT2D eigenvalue weighted by Crippen LogP contribution is 2.44. The van der Waals surface area contributed by atoms with Crippen LogP contribution in [0.15, 0.2) is 68.2 Å². The van der Waals surface area contributed by atoms with Crippen LogP contribution in [0.25, 0.3) is 0 Å². The van der Waals surface area contributed by atoms with Crippen molar-refractivity contribution in [1.29, 1.82) is 0 Å². The molecule has 150 valence electrons. The molecule has 1 heterocycles. The second kappa shape index (κ2) is 9.90. The van der Waals surface area contributed by atoms with E-state index in [-0.39, 0.29) is 17.3 Å². The van der Waals surface area contributed by atoms with Crippen LogP contribution in [0.4, 0.5) is 0 Å². The van der Waals surface area contributed by atoms with Crippen LogP contribution in [0.1, 0.15) is 28.4 Å². The minimum absolute atomic E-state index is 0.0806. The average molecular weight is 464 g/mol. The molecule has 0 aliphatic rings. The topological polar surface area (TPSA) is 39.2 Å². The lowest BCUT2D eigenvalue weighted by Gasteiger charge is -2.15. The molecule has 0 atom stereocenters. The maximum absolute atomic E-state index is 12.6. The van der Waals surface area contributed by atoms with Crippen LogP contribution in [0.2, 0.25) is 10.2 Å². The minimum Gasteiger partial charge on any atom is -0.462 e. The number of aromatic nitrogens is 1. The van der Waals surface area contributed by atoms with E-state index >= 15 is 0 Å². The van der Waals surface area contributed by atoms with Crippen molar-refractivity contribution in [2.24, 2.45) is 0 Å². The van der Waals surface area contributed by atoms with E-state index in [1.54, 1.807) is 6.92 Å².